The first-order valence-corrected chi connectivity index (χ1v) is 9.10. The molecule has 0 aromatic heterocycles. The van der Waals surface area contributed by atoms with Gasteiger partial charge in [-0.3, -0.25) is 9.59 Å². The number of esters is 1. The van der Waals surface area contributed by atoms with Gasteiger partial charge in [0.15, 0.2) is 11.6 Å². The average Bonchev–Trinajstić information content (AvgIpc) is 2.78. The van der Waals surface area contributed by atoms with E-state index in [4.69, 9.17) is 9.47 Å². The van der Waals surface area contributed by atoms with Gasteiger partial charge in [0.2, 0.25) is 0 Å². The Morgan fingerprint density at radius 2 is 1.34 bits per heavy atom. The summed E-state index contributed by atoms with van der Waals surface area (Å²) in [5, 5.41) is 0. The summed E-state index contributed by atoms with van der Waals surface area (Å²) in [7, 11) is 1.47. The van der Waals surface area contributed by atoms with Crippen molar-refractivity contribution in [1.82, 2.24) is 0 Å². The van der Waals surface area contributed by atoms with Crippen molar-refractivity contribution >= 4 is 17.5 Å². The second kappa shape index (κ2) is 8.97. The molecule has 0 amide bonds. The summed E-state index contributed by atoms with van der Waals surface area (Å²) >= 11 is 0. The molecule has 0 aliphatic heterocycles. The predicted octanol–water partition coefficient (Wildman–Crippen LogP) is 4.62. The fourth-order valence-corrected chi connectivity index (χ4v) is 2.86. The Bertz CT molecular complexity index is 1030. The number of hydrogen-bond acceptors (Lipinski definition) is 5. The molecule has 0 N–H and O–H groups in total. The van der Waals surface area contributed by atoms with Gasteiger partial charge in [-0.25, -0.2) is 4.79 Å². The van der Waals surface area contributed by atoms with Crippen LogP contribution < -0.4 is 9.47 Å². The molecule has 5 heteroatoms. The van der Waals surface area contributed by atoms with E-state index < -0.39 is 17.7 Å². The Morgan fingerprint density at radius 3 is 1.93 bits per heavy atom. The molecule has 5 nitrogen and oxygen atoms in total. The first-order chi connectivity index (χ1) is 14.0. The number of ketones is 2. The lowest BCUT2D eigenvalue weighted by Crippen LogP contribution is -2.22. The molecule has 3 aromatic carbocycles. The summed E-state index contributed by atoms with van der Waals surface area (Å²) in [6, 6.07) is 21.6. The molecule has 0 aliphatic carbocycles. The third-order valence-corrected chi connectivity index (χ3v) is 4.51. The maximum absolute atomic E-state index is 13.0. The van der Waals surface area contributed by atoms with Crippen LogP contribution in [0.3, 0.4) is 0 Å². The molecule has 0 aliphatic rings. The summed E-state index contributed by atoms with van der Waals surface area (Å²) in [5.41, 5.74) is 0.943. The second-order valence-electron chi connectivity index (χ2n) is 6.43. The summed E-state index contributed by atoms with van der Waals surface area (Å²) in [6.07, 6.45) is 0. The highest BCUT2D eigenvalue weighted by Gasteiger charge is 2.27. The van der Waals surface area contributed by atoms with Gasteiger partial charge in [-0.05, 0) is 31.2 Å². The standard InChI is InChI=1S/C24H20O5/c1-16(22(25)17-9-5-3-6-10-17)23(26)20-14-13-19(28-2)15-21(20)29-24(27)18-11-7-4-8-12-18/h3-16H,1-2H3/t16-/m1/s1. The van der Waals surface area contributed by atoms with Crippen LogP contribution in [0, 0.1) is 5.92 Å². The smallest absolute Gasteiger partial charge is 0.343 e. The normalized spacial score (nSPS) is 11.4. The summed E-state index contributed by atoms with van der Waals surface area (Å²) in [5.74, 6) is -1.78. The van der Waals surface area contributed by atoms with Crippen molar-refractivity contribution < 1.29 is 23.9 Å². The molecular formula is C24H20O5. The second-order valence-corrected chi connectivity index (χ2v) is 6.43. The maximum atomic E-state index is 13.0. The fourth-order valence-electron chi connectivity index (χ4n) is 2.86. The highest BCUT2D eigenvalue weighted by atomic mass is 16.5. The highest BCUT2D eigenvalue weighted by molar-refractivity contribution is 6.16. The molecule has 1 atom stereocenters. The van der Waals surface area contributed by atoms with Crippen molar-refractivity contribution in [2.75, 3.05) is 7.11 Å². The van der Waals surface area contributed by atoms with E-state index in [0.29, 0.717) is 16.9 Å². The molecule has 0 unspecified atom stereocenters. The highest BCUT2D eigenvalue weighted by Crippen LogP contribution is 2.29. The molecule has 146 valence electrons. The number of rotatable bonds is 7. The van der Waals surface area contributed by atoms with Crippen LogP contribution in [0.5, 0.6) is 11.5 Å². The van der Waals surface area contributed by atoms with E-state index in [-0.39, 0.29) is 17.1 Å². The molecule has 0 bridgehead atoms. The average molecular weight is 388 g/mol. The van der Waals surface area contributed by atoms with E-state index in [9.17, 15) is 14.4 Å². The summed E-state index contributed by atoms with van der Waals surface area (Å²) < 4.78 is 10.7. The minimum Gasteiger partial charge on any atom is -0.497 e. The van der Waals surface area contributed by atoms with Crippen molar-refractivity contribution in [3.63, 3.8) is 0 Å². The van der Waals surface area contributed by atoms with Gasteiger partial charge < -0.3 is 9.47 Å². The lowest BCUT2D eigenvalue weighted by atomic mass is 9.91. The largest absolute Gasteiger partial charge is 0.497 e. The summed E-state index contributed by atoms with van der Waals surface area (Å²) in [6.45, 7) is 1.55. The van der Waals surface area contributed by atoms with Gasteiger partial charge in [0, 0.05) is 11.6 Å². The van der Waals surface area contributed by atoms with E-state index in [1.165, 1.54) is 19.2 Å². The van der Waals surface area contributed by atoms with Crippen LogP contribution in [0.1, 0.15) is 38.0 Å². The molecule has 29 heavy (non-hydrogen) atoms. The number of methoxy groups -OCH3 is 1. The Balaban J connectivity index is 1.91. The van der Waals surface area contributed by atoms with Crippen LogP contribution >= 0.6 is 0 Å². The van der Waals surface area contributed by atoms with Crippen molar-refractivity contribution in [1.29, 1.82) is 0 Å². The Hall–Kier alpha value is -3.73. The monoisotopic (exact) mass is 388 g/mol. The number of ether oxygens (including phenoxy) is 2. The number of hydrogen-bond donors (Lipinski definition) is 0. The number of benzene rings is 3. The van der Waals surface area contributed by atoms with Crippen LogP contribution in [0.4, 0.5) is 0 Å². The van der Waals surface area contributed by atoms with E-state index >= 15 is 0 Å². The number of carbonyl (C=O) groups is 3. The lowest BCUT2D eigenvalue weighted by Gasteiger charge is -2.14. The van der Waals surface area contributed by atoms with Crippen molar-refractivity contribution in [2.24, 2.45) is 5.92 Å². The fraction of sp³-hybridized carbons (Fsp3) is 0.125. The van der Waals surface area contributed by atoms with Crippen LogP contribution in [0.2, 0.25) is 0 Å². The molecular weight excluding hydrogens is 368 g/mol. The molecule has 0 radical (unpaired) electrons. The van der Waals surface area contributed by atoms with E-state index in [2.05, 4.69) is 0 Å². The van der Waals surface area contributed by atoms with Crippen molar-refractivity contribution in [2.45, 2.75) is 6.92 Å². The van der Waals surface area contributed by atoms with Gasteiger partial charge in [-0.15, -0.1) is 0 Å². The summed E-state index contributed by atoms with van der Waals surface area (Å²) in [4.78, 5) is 38.2. The first kappa shape index (κ1) is 20.0. The molecule has 0 saturated heterocycles. The molecule has 0 heterocycles. The van der Waals surface area contributed by atoms with Crippen molar-refractivity contribution in [3.05, 3.63) is 95.6 Å². The molecule has 0 spiro atoms. The molecule has 3 aromatic rings. The van der Waals surface area contributed by atoms with E-state index in [0.717, 1.165) is 0 Å². The van der Waals surface area contributed by atoms with Gasteiger partial charge >= 0.3 is 5.97 Å². The zero-order valence-corrected chi connectivity index (χ0v) is 16.1. The number of Topliss-reactive ketones (excluding diaryl/α,β-unsaturated/α-hetero) is 2. The van der Waals surface area contributed by atoms with Gasteiger partial charge in [-0.1, -0.05) is 48.5 Å². The van der Waals surface area contributed by atoms with Gasteiger partial charge in [0.1, 0.15) is 11.5 Å². The topological polar surface area (TPSA) is 69.7 Å². The number of carbonyl (C=O) groups excluding carboxylic acids is 3. The van der Waals surface area contributed by atoms with E-state index in [1.54, 1.807) is 73.7 Å². The third kappa shape index (κ3) is 4.58. The van der Waals surface area contributed by atoms with Gasteiger partial charge in [0.25, 0.3) is 0 Å². The quantitative estimate of drug-likeness (QED) is 0.256. The lowest BCUT2D eigenvalue weighted by molar-refractivity contribution is 0.0731. The van der Waals surface area contributed by atoms with Gasteiger partial charge in [-0.2, -0.15) is 0 Å². The molecule has 3 rings (SSSR count). The van der Waals surface area contributed by atoms with Crippen LogP contribution in [-0.4, -0.2) is 24.6 Å². The van der Waals surface area contributed by atoms with Crippen LogP contribution in [0.25, 0.3) is 0 Å². The van der Waals surface area contributed by atoms with Crippen LogP contribution in [0.15, 0.2) is 78.9 Å². The van der Waals surface area contributed by atoms with Crippen molar-refractivity contribution in [3.8, 4) is 11.5 Å². The minimum atomic E-state index is -0.931. The molecule has 0 saturated carbocycles. The zero-order chi connectivity index (χ0) is 20.8. The Kier molecular flexibility index (Phi) is 6.19. The van der Waals surface area contributed by atoms with Crippen LogP contribution in [-0.2, 0) is 0 Å². The zero-order valence-electron chi connectivity index (χ0n) is 16.1. The van der Waals surface area contributed by atoms with Gasteiger partial charge in [0.05, 0.1) is 24.2 Å². The first-order valence-electron chi connectivity index (χ1n) is 9.10. The minimum absolute atomic E-state index is 0.0518. The van der Waals surface area contributed by atoms with E-state index in [1.807, 2.05) is 0 Å². The molecule has 0 fully saturated rings. The maximum Gasteiger partial charge on any atom is 0.343 e. The Morgan fingerprint density at radius 1 is 0.759 bits per heavy atom. The SMILES string of the molecule is COc1ccc(C(=O)[C@H](C)C(=O)c2ccccc2)c(OC(=O)c2ccccc2)c1. The predicted molar refractivity (Wildman–Crippen MR) is 109 cm³/mol. The Labute approximate surface area is 168 Å². The third-order valence-electron chi connectivity index (χ3n) is 4.51.